The maximum atomic E-state index is 12.3. The average molecular weight is 233 g/mol. The molecule has 0 heterocycles. The van der Waals surface area contributed by atoms with Crippen molar-refractivity contribution >= 4 is 5.91 Å². The smallest absolute Gasteiger partial charge is 0.243 e. The Morgan fingerprint density at radius 1 is 1.53 bits per heavy atom. The van der Waals surface area contributed by atoms with Gasteiger partial charge in [-0.3, -0.25) is 4.79 Å². The van der Waals surface area contributed by atoms with Gasteiger partial charge in [0, 0.05) is 13.1 Å². The molecule has 1 rings (SSSR count). The molecule has 0 aromatic heterocycles. The largest absolute Gasteiger partial charge is 0.340 e. The topological polar surface area (TPSA) is 67.9 Å². The number of carbonyl (C=O) groups is 1. The predicted octanol–water partition coefficient (Wildman–Crippen LogP) is 1.93. The van der Waals surface area contributed by atoms with Crippen molar-refractivity contribution in [3.63, 3.8) is 0 Å². The summed E-state index contributed by atoms with van der Waals surface area (Å²) < 4.78 is 0. The molecule has 0 aromatic carbocycles. The molecule has 1 fully saturated rings. The molecule has 92 valence electrons. The van der Waals surface area contributed by atoms with Crippen molar-refractivity contribution in [1.29, 1.82) is 10.5 Å². The molecule has 1 saturated carbocycles. The van der Waals surface area contributed by atoms with E-state index >= 15 is 0 Å². The van der Waals surface area contributed by atoms with Crippen LogP contribution in [-0.4, -0.2) is 23.9 Å². The predicted molar refractivity (Wildman–Crippen MR) is 63.5 cm³/mol. The van der Waals surface area contributed by atoms with Gasteiger partial charge in [-0.25, -0.2) is 0 Å². The van der Waals surface area contributed by atoms with Gasteiger partial charge in [-0.1, -0.05) is 6.92 Å². The van der Waals surface area contributed by atoms with Crippen LogP contribution in [0, 0.1) is 39.9 Å². The molecule has 0 radical (unpaired) electrons. The van der Waals surface area contributed by atoms with Crippen molar-refractivity contribution < 1.29 is 4.79 Å². The summed E-state index contributed by atoms with van der Waals surface area (Å²) in [7, 11) is 0. The van der Waals surface area contributed by atoms with Crippen LogP contribution in [0.1, 0.15) is 33.6 Å². The number of hydrogen-bond donors (Lipinski definition) is 0. The number of rotatable bonds is 4. The zero-order valence-corrected chi connectivity index (χ0v) is 10.7. The van der Waals surface area contributed by atoms with Crippen molar-refractivity contribution in [1.82, 2.24) is 4.90 Å². The van der Waals surface area contributed by atoms with E-state index in [2.05, 4.69) is 19.1 Å². The van der Waals surface area contributed by atoms with Crippen molar-refractivity contribution in [2.45, 2.75) is 33.6 Å². The Balaban J connectivity index is 2.74. The maximum absolute atomic E-state index is 12.3. The van der Waals surface area contributed by atoms with Gasteiger partial charge >= 0.3 is 0 Å². The third kappa shape index (κ3) is 2.58. The fourth-order valence-electron chi connectivity index (χ4n) is 2.47. The summed E-state index contributed by atoms with van der Waals surface area (Å²) in [6, 6.07) is 4.30. The minimum atomic E-state index is -0.815. The SMILES string of the molecule is CCN(CC(C)C#N)C(=O)C1(C#N)CC(C)C1. The van der Waals surface area contributed by atoms with Gasteiger partial charge in [-0.05, 0) is 32.6 Å². The Morgan fingerprint density at radius 3 is 2.47 bits per heavy atom. The molecule has 1 aliphatic rings. The first kappa shape index (κ1) is 13.5. The lowest BCUT2D eigenvalue weighted by molar-refractivity contribution is -0.145. The number of nitrogens with zero attached hydrogens (tertiary/aromatic N) is 3. The molecule has 1 atom stereocenters. The molecule has 0 N–H and O–H groups in total. The van der Waals surface area contributed by atoms with E-state index in [1.807, 2.05) is 6.92 Å². The van der Waals surface area contributed by atoms with E-state index in [0.717, 1.165) is 0 Å². The van der Waals surface area contributed by atoms with Crippen LogP contribution in [0.15, 0.2) is 0 Å². The normalized spacial score (nSPS) is 28.4. The van der Waals surface area contributed by atoms with Gasteiger partial charge in [-0.2, -0.15) is 10.5 Å². The van der Waals surface area contributed by atoms with Gasteiger partial charge < -0.3 is 4.90 Å². The van der Waals surface area contributed by atoms with Crippen molar-refractivity contribution in [2.75, 3.05) is 13.1 Å². The van der Waals surface area contributed by atoms with Crippen LogP contribution in [0.25, 0.3) is 0 Å². The van der Waals surface area contributed by atoms with Crippen LogP contribution in [0.2, 0.25) is 0 Å². The highest BCUT2D eigenvalue weighted by Crippen LogP contribution is 2.46. The average Bonchev–Trinajstić information content (AvgIpc) is 2.30. The van der Waals surface area contributed by atoms with Crippen LogP contribution in [0.3, 0.4) is 0 Å². The second-order valence-electron chi connectivity index (χ2n) is 5.08. The van der Waals surface area contributed by atoms with E-state index in [0.29, 0.717) is 31.8 Å². The third-order valence-electron chi connectivity index (χ3n) is 3.40. The van der Waals surface area contributed by atoms with Gasteiger partial charge in [0.05, 0.1) is 18.1 Å². The summed E-state index contributed by atoms with van der Waals surface area (Å²) in [6.45, 7) is 6.71. The van der Waals surface area contributed by atoms with Gasteiger partial charge in [0.25, 0.3) is 0 Å². The molecule has 0 aromatic rings. The molecule has 0 aliphatic heterocycles. The quantitative estimate of drug-likeness (QED) is 0.745. The molecule has 4 heteroatoms. The van der Waals surface area contributed by atoms with Crippen molar-refractivity contribution in [3.8, 4) is 12.1 Å². The van der Waals surface area contributed by atoms with Gasteiger partial charge in [0.2, 0.25) is 5.91 Å². The zero-order valence-electron chi connectivity index (χ0n) is 10.7. The summed E-state index contributed by atoms with van der Waals surface area (Å²) >= 11 is 0. The highest BCUT2D eigenvalue weighted by molar-refractivity contribution is 5.86. The Hall–Kier alpha value is -1.55. The number of carbonyl (C=O) groups excluding carboxylic acids is 1. The molecule has 1 unspecified atom stereocenters. The number of hydrogen-bond acceptors (Lipinski definition) is 3. The molecule has 1 aliphatic carbocycles. The Bertz CT molecular complexity index is 371. The van der Waals surface area contributed by atoms with Crippen molar-refractivity contribution in [2.24, 2.45) is 17.3 Å². The zero-order chi connectivity index (χ0) is 13.1. The monoisotopic (exact) mass is 233 g/mol. The first-order valence-corrected chi connectivity index (χ1v) is 6.09. The number of amides is 1. The molecular formula is C13H19N3O. The second-order valence-corrected chi connectivity index (χ2v) is 5.08. The Morgan fingerprint density at radius 2 is 2.12 bits per heavy atom. The molecule has 1 amide bonds. The Labute approximate surface area is 103 Å². The summed E-state index contributed by atoms with van der Waals surface area (Å²) in [5.41, 5.74) is -0.815. The van der Waals surface area contributed by atoms with E-state index in [9.17, 15) is 10.1 Å². The van der Waals surface area contributed by atoms with Crippen LogP contribution < -0.4 is 0 Å². The molecule has 0 bridgehead atoms. The molecule has 4 nitrogen and oxygen atoms in total. The van der Waals surface area contributed by atoms with Crippen LogP contribution >= 0.6 is 0 Å². The lowest BCUT2D eigenvalue weighted by Gasteiger charge is -2.42. The van der Waals surface area contributed by atoms with E-state index in [-0.39, 0.29) is 11.8 Å². The van der Waals surface area contributed by atoms with E-state index in [4.69, 9.17) is 5.26 Å². The first-order valence-electron chi connectivity index (χ1n) is 6.09. The molecule has 0 saturated heterocycles. The molecule has 0 spiro atoms. The van der Waals surface area contributed by atoms with Crippen LogP contribution in [0.4, 0.5) is 0 Å². The Kier molecular flexibility index (Phi) is 4.12. The van der Waals surface area contributed by atoms with Gasteiger partial charge in [-0.15, -0.1) is 0 Å². The minimum absolute atomic E-state index is 0.0947. The molecule has 17 heavy (non-hydrogen) atoms. The fourth-order valence-corrected chi connectivity index (χ4v) is 2.47. The van der Waals surface area contributed by atoms with Gasteiger partial charge in [0.1, 0.15) is 5.41 Å². The minimum Gasteiger partial charge on any atom is -0.340 e. The fraction of sp³-hybridized carbons (Fsp3) is 0.769. The third-order valence-corrected chi connectivity index (χ3v) is 3.40. The van der Waals surface area contributed by atoms with Gasteiger partial charge in [0.15, 0.2) is 0 Å². The van der Waals surface area contributed by atoms with E-state index < -0.39 is 5.41 Å². The van der Waals surface area contributed by atoms with Crippen LogP contribution in [0.5, 0.6) is 0 Å². The summed E-state index contributed by atoms with van der Waals surface area (Å²) in [5, 5.41) is 18.0. The second kappa shape index (κ2) is 5.19. The van der Waals surface area contributed by atoms with E-state index in [1.54, 1.807) is 11.8 Å². The maximum Gasteiger partial charge on any atom is 0.243 e. The van der Waals surface area contributed by atoms with Crippen LogP contribution in [-0.2, 0) is 4.79 Å². The lowest BCUT2D eigenvalue weighted by Crippen LogP contribution is -2.50. The summed E-state index contributed by atoms with van der Waals surface area (Å²) in [4.78, 5) is 13.9. The summed E-state index contributed by atoms with van der Waals surface area (Å²) in [6.07, 6.45) is 1.31. The van der Waals surface area contributed by atoms with E-state index in [1.165, 1.54) is 0 Å². The standard InChI is InChI=1S/C13H19N3O/c1-4-16(8-11(3)7-14)12(17)13(9-15)5-10(2)6-13/h10-11H,4-6,8H2,1-3H3. The lowest BCUT2D eigenvalue weighted by atomic mass is 9.62. The number of nitriles is 2. The molecular weight excluding hydrogens is 214 g/mol. The first-order chi connectivity index (χ1) is 7.99. The summed E-state index contributed by atoms with van der Waals surface area (Å²) in [5.74, 6) is 0.167. The highest BCUT2D eigenvalue weighted by atomic mass is 16.2. The highest BCUT2D eigenvalue weighted by Gasteiger charge is 2.50. The van der Waals surface area contributed by atoms with Crippen molar-refractivity contribution in [3.05, 3.63) is 0 Å².